The van der Waals surface area contributed by atoms with Gasteiger partial charge in [0.2, 0.25) is 5.91 Å². The molecule has 0 spiro atoms. The molecule has 0 unspecified atom stereocenters. The molecule has 188 valence electrons. The first kappa shape index (κ1) is 25.6. The molecule has 0 fully saturated rings. The summed E-state index contributed by atoms with van der Waals surface area (Å²) in [5.41, 5.74) is 5.39. The van der Waals surface area contributed by atoms with Gasteiger partial charge in [-0.05, 0) is 52.5 Å². The summed E-state index contributed by atoms with van der Waals surface area (Å²) in [6, 6.07) is 23.4. The lowest BCUT2D eigenvalue weighted by molar-refractivity contribution is -0.118. The highest BCUT2D eigenvalue weighted by Gasteiger charge is 2.26. The largest absolute Gasteiger partial charge is 0.445 e. The number of allylic oxidation sites excluding steroid dienone is 1. The summed E-state index contributed by atoms with van der Waals surface area (Å²) >= 11 is 0. The fourth-order valence-electron chi connectivity index (χ4n) is 4.03. The number of alkyl carbamates (subject to hydrolysis) is 1. The van der Waals surface area contributed by atoms with Crippen LogP contribution < -0.4 is 10.6 Å². The van der Waals surface area contributed by atoms with E-state index in [1.54, 1.807) is 30.3 Å². The van der Waals surface area contributed by atoms with Gasteiger partial charge in [0.15, 0.2) is 5.78 Å². The molecular formula is C30H28N2O5. The third kappa shape index (κ3) is 7.25. The number of benzene rings is 3. The summed E-state index contributed by atoms with van der Waals surface area (Å²) < 4.78 is 5.36. The van der Waals surface area contributed by atoms with Crippen molar-refractivity contribution >= 4 is 35.1 Å². The molecule has 0 bridgehead atoms. The van der Waals surface area contributed by atoms with E-state index in [2.05, 4.69) is 22.8 Å². The van der Waals surface area contributed by atoms with Gasteiger partial charge in [-0.3, -0.25) is 9.59 Å². The van der Waals surface area contributed by atoms with Crippen LogP contribution in [0.5, 0.6) is 0 Å². The average Bonchev–Trinajstić information content (AvgIpc) is 3.34. The fourth-order valence-corrected chi connectivity index (χ4v) is 4.03. The second-order valence-corrected chi connectivity index (χ2v) is 8.62. The molecule has 0 aromatic heterocycles. The summed E-state index contributed by atoms with van der Waals surface area (Å²) in [7, 11) is 0. The Hall–Kier alpha value is -4.49. The molecule has 0 saturated heterocycles. The summed E-state index contributed by atoms with van der Waals surface area (Å²) in [6.07, 6.45) is 5.38. The lowest BCUT2D eigenvalue weighted by atomic mass is 9.99. The van der Waals surface area contributed by atoms with Gasteiger partial charge >= 0.3 is 6.09 Å². The molecule has 0 radical (unpaired) electrons. The Morgan fingerprint density at radius 2 is 1.68 bits per heavy atom. The lowest BCUT2D eigenvalue weighted by Crippen LogP contribution is -2.44. The first-order valence-electron chi connectivity index (χ1n) is 12.0. The van der Waals surface area contributed by atoms with Crippen LogP contribution in [0, 0.1) is 0 Å². The second-order valence-electron chi connectivity index (χ2n) is 8.62. The minimum Gasteiger partial charge on any atom is -0.445 e. The summed E-state index contributed by atoms with van der Waals surface area (Å²) in [6.45, 7) is -0.450. The van der Waals surface area contributed by atoms with Crippen LogP contribution in [-0.4, -0.2) is 35.5 Å². The average molecular weight is 497 g/mol. The van der Waals surface area contributed by atoms with E-state index >= 15 is 0 Å². The minimum absolute atomic E-state index is 0.0975. The van der Waals surface area contributed by atoms with Crippen molar-refractivity contribution in [3.63, 3.8) is 0 Å². The van der Waals surface area contributed by atoms with E-state index in [0.29, 0.717) is 12.1 Å². The predicted molar refractivity (Wildman–Crippen MR) is 142 cm³/mol. The number of rotatable bonds is 10. The van der Waals surface area contributed by atoms with Crippen molar-refractivity contribution in [1.82, 2.24) is 5.32 Å². The van der Waals surface area contributed by atoms with Crippen molar-refractivity contribution in [2.45, 2.75) is 25.5 Å². The molecule has 7 heteroatoms. The van der Waals surface area contributed by atoms with Gasteiger partial charge in [-0.2, -0.15) is 0 Å². The number of ketones is 1. The standard InChI is InChI=1S/C30H28N2O5/c33-19-26(34)17-12-21-10-15-25(16-11-21)31-29(35)28(18-24-14-13-23-8-4-5-9-27(23)24)32-30(36)37-20-22-6-2-1-3-7-22/h1-12,14-17,28,33H,13,18-20H2,(H,31,35)(H,32,36)/b17-12+/t28-/m0/s1. The molecule has 0 heterocycles. The van der Waals surface area contributed by atoms with E-state index in [1.807, 2.05) is 48.5 Å². The van der Waals surface area contributed by atoms with Gasteiger partial charge < -0.3 is 20.5 Å². The van der Waals surface area contributed by atoms with Gasteiger partial charge in [-0.25, -0.2) is 4.79 Å². The van der Waals surface area contributed by atoms with Crippen molar-refractivity contribution < 1.29 is 24.2 Å². The van der Waals surface area contributed by atoms with Gasteiger partial charge in [-0.1, -0.05) is 78.9 Å². The highest BCUT2D eigenvalue weighted by molar-refractivity contribution is 5.98. The van der Waals surface area contributed by atoms with Crippen LogP contribution in [-0.2, 0) is 27.4 Å². The molecule has 3 aromatic carbocycles. The number of carbonyl (C=O) groups excluding carboxylic acids is 3. The number of aliphatic hydroxyl groups is 1. The molecule has 37 heavy (non-hydrogen) atoms. The van der Waals surface area contributed by atoms with E-state index in [0.717, 1.165) is 28.7 Å². The zero-order valence-corrected chi connectivity index (χ0v) is 20.2. The zero-order valence-electron chi connectivity index (χ0n) is 20.2. The van der Waals surface area contributed by atoms with E-state index in [-0.39, 0.29) is 12.5 Å². The maximum atomic E-state index is 13.3. The number of hydrogen-bond acceptors (Lipinski definition) is 5. The van der Waals surface area contributed by atoms with Crippen LogP contribution in [0.2, 0.25) is 0 Å². The normalized spacial score (nSPS) is 12.9. The Labute approximate surface area is 215 Å². The van der Waals surface area contributed by atoms with Crippen LogP contribution in [0.15, 0.2) is 91.0 Å². The van der Waals surface area contributed by atoms with Gasteiger partial charge in [0.1, 0.15) is 19.3 Å². The quantitative estimate of drug-likeness (QED) is 0.358. The topological polar surface area (TPSA) is 105 Å². The summed E-state index contributed by atoms with van der Waals surface area (Å²) in [4.78, 5) is 37.1. The number of nitrogens with one attached hydrogen (secondary N) is 2. The van der Waals surface area contributed by atoms with Gasteiger partial charge in [0.25, 0.3) is 0 Å². The molecule has 7 nitrogen and oxygen atoms in total. The molecule has 1 aliphatic rings. The van der Waals surface area contributed by atoms with Crippen LogP contribution in [0.25, 0.3) is 11.6 Å². The Bertz CT molecular complexity index is 1310. The number of hydrogen-bond donors (Lipinski definition) is 3. The van der Waals surface area contributed by atoms with Gasteiger partial charge in [-0.15, -0.1) is 0 Å². The van der Waals surface area contributed by atoms with E-state index in [4.69, 9.17) is 9.84 Å². The monoisotopic (exact) mass is 496 g/mol. The van der Waals surface area contributed by atoms with Crippen molar-refractivity contribution in [3.05, 3.63) is 113 Å². The van der Waals surface area contributed by atoms with Crippen molar-refractivity contribution in [2.24, 2.45) is 0 Å². The van der Waals surface area contributed by atoms with Crippen LogP contribution in [0.1, 0.15) is 28.7 Å². The van der Waals surface area contributed by atoms with Crippen molar-refractivity contribution in [1.29, 1.82) is 0 Å². The Balaban J connectivity index is 1.44. The highest BCUT2D eigenvalue weighted by Crippen LogP contribution is 2.30. The van der Waals surface area contributed by atoms with Crippen LogP contribution in [0.4, 0.5) is 10.5 Å². The van der Waals surface area contributed by atoms with Crippen molar-refractivity contribution in [2.75, 3.05) is 11.9 Å². The molecule has 4 rings (SSSR count). The fraction of sp³-hybridized carbons (Fsp3) is 0.167. The van der Waals surface area contributed by atoms with E-state index in [1.165, 1.54) is 11.6 Å². The molecule has 2 amide bonds. The molecule has 1 atom stereocenters. The van der Waals surface area contributed by atoms with E-state index < -0.39 is 24.5 Å². The summed E-state index contributed by atoms with van der Waals surface area (Å²) in [5.74, 6) is -0.770. The first-order chi connectivity index (χ1) is 18.0. The summed E-state index contributed by atoms with van der Waals surface area (Å²) in [5, 5.41) is 14.4. The molecule has 1 aliphatic carbocycles. The Morgan fingerprint density at radius 3 is 2.43 bits per heavy atom. The number of anilines is 1. The number of carbonyl (C=O) groups is 3. The first-order valence-corrected chi connectivity index (χ1v) is 12.0. The Kier molecular flexibility index (Phi) is 8.62. The third-order valence-corrected chi connectivity index (χ3v) is 5.97. The van der Waals surface area contributed by atoms with Gasteiger partial charge in [0.05, 0.1) is 0 Å². The number of aliphatic hydroxyl groups excluding tert-OH is 1. The number of amides is 2. The molecule has 3 aromatic rings. The molecule has 0 saturated carbocycles. The van der Waals surface area contributed by atoms with Crippen LogP contribution in [0.3, 0.4) is 0 Å². The predicted octanol–water partition coefficient (Wildman–Crippen LogP) is 4.52. The molecule has 0 aliphatic heterocycles. The maximum absolute atomic E-state index is 13.3. The third-order valence-electron chi connectivity index (χ3n) is 5.97. The minimum atomic E-state index is -0.859. The molecule has 3 N–H and O–H groups in total. The Morgan fingerprint density at radius 1 is 0.946 bits per heavy atom. The number of fused-ring (bicyclic) bond motifs is 1. The smallest absolute Gasteiger partial charge is 0.408 e. The van der Waals surface area contributed by atoms with Crippen molar-refractivity contribution in [3.8, 4) is 0 Å². The van der Waals surface area contributed by atoms with E-state index in [9.17, 15) is 14.4 Å². The zero-order chi connectivity index (χ0) is 26.0. The second kappa shape index (κ2) is 12.5. The SMILES string of the molecule is O=C(/C=C/c1ccc(NC(=O)[C@H](CC2=CCc3ccccc32)NC(=O)OCc2ccccc2)cc1)CO. The van der Waals surface area contributed by atoms with Gasteiger partial charge in [0, 0.05) is 12.1 Å². The van der Waals surface area contributed by atoms with Crippen LogP contribution >= 0.6 is 0 Å². The highest BCUT2D eigenvalue weighted by atomic mass is 16.5. The maximum Gasteiger partial charge on any atom is 0.408 e. The lowest BCUT2D eigenvalue weighted by Gasteiger charge is -2.20. The molecular weight excluding hydrogens is 468 g/mol. The number of ether oxygens (including phenoxy) is 1.